The van der Waals surface area contributed by atoms with Gasteiger partial charge in [0.25, 0.3) is 0 Å². The van der Waals surface area contributed by atoms with Crippen LogP contribution in [0.2, 0.25) is 0 Å². The molecular formula is C63H106O5. The fraction of sp³-hybridized carbons (Fsp3) is 0.683. The first-order valence-electron chi connectivity index (χ1n) is 28.4. The van der Waals surface area contributed by atoms with Crippen molar-refractivity contribution in [1.29, 1.82) is 0 Å². The lowest BCUT2D eigenvalue weighted by Gasteiger charge is -2.15. The number of ether oxygens (including phenoxy) is 2. The predicted molar refractivity (Wildman–Crippen MR) is 297 cm³/mol. The van der Waals surface area contributed by atoms with Gasteiger partial charge in [0.1, 0.15) is 6.61 Å². The lowest BCUT2D eigenvalue weighted by atomic mass is 10.0. The lowest BCUT2D eigenvalue weighted by molar-refractivity contribution is -0.161. The van der Waals surface area contributed by atoms with Crippen LogP contribution in [-0.2, 0) is 19.1 Å². The van der Waals surface area contributed by atoms with Crippen molar-refractivity contribution in [2.75, 3.05) is 13.2 Å². The van der Waals surface area contributed by atoms with Crippen LogP contribution >= 0.6 is 0 Å². The molecule has 5 heteroatoms. The molecule has 0 rings (SSSR count). The highest BCUT2D eigenvalue weighted by atomic mass is 16.6. The summed E-state index contributed by atoms with van der Waals surface area (Å²) in [4.78, 5) is 24.4. The summed E-state index contributed by atoms with van der Waals surface area (Å²) in [5.74, 6) is -0.608. The number of aliphatic hydroxyl groups excluding tert-OH is 1. The minimum absolute atomic E-state index is 0.0769. The highest BCUT2D eigenvalue weighted by Gasteiger charge is 2.16. The molecule has 0 aromatic heterocycles. The third-order valence-corrected chi connectivity index (χ3v) is 12.1. The molecule has 388 valence electrons. The van der Waals surface area contributed by atoms with Crippen molar-refractivity contribution in [3.8, 4) is 0 Å². The molecule has 0 saturated heterocycles. The minimum atomic E-state index is -0.783. The zero-order chi connectivity index (χ0) is 49.2. The number of esters is 2. The summed E-state index contributed by atoms with van der Waals surface area (Å²) in [6.45, 7) is 3.91. The number of aliphatic hydroxyl groups is 1. The van der Waals surface area contributed by atoms with Crippen molar-refractivity contribution >= 4 is 11.9 Å². The fourth-order valence-corrected chi connectivity index (χ4v) is 7.87. The van der Waals surface area contributed by atoms with Crippen molar-refractivity contribution in [2.45, 2.75) is 264 Å². The number of carbonyl (C=O) groups excluding carboxylic acids is 2. The Bertz CT molecular complexity index is 1340. The molecule has 1 unspecified atom stereocenters. The van der Waals surface area contributed by atoms with Crippen LogP contribution in [0.3, 0.4) is 0 Å². The Morgan fingerprint density at radius 3 is 0.882 bits per heavy atom. The zero-order valence-electron chi connectivity index (χ0n) is 44.3. The zero-order valence-corrected chi connectivity index (χ0v) is 44.3. The van der Waals surface area contributed by atoms with Crippen LogP contribution in [0.15, 0.2) is 109 Å². The highest BCUT2D eigenvalue weighted by Crippen LogP contribution is 2.16. The molecule has 0 heterocycles. The number of rotatable bonds is 51. The maximum atomic E-state index is 12.3. The van der Waals surface area contributed by atoms with E-state index in [1.165, 1.54) is 122 Å². The second kappa shape index (κ2) is 57.9. The van der Waals surface area contributed by atoms with Gasteiger partial charge >= 0.3 is 11.9 Å². The van der Waals surface area contributed by atoms with Crippen LogP contribution in [0.25, 0.3) is 0 Å². The van der Waals surface area contributed by atoms with Gasteiger partial charge in [-0.25, -0.2) is 0 Å². The molecule has 0 aliphatic carbocycles. The van der Waals surface area contributed by atoms with E-state index >= 15 is 0 Å². The molecule has 0 aliphatic rings. The van der Waals surface area contributed by atoms with Gasteiger partial charge in [-0.15, -0.1) is 0 Å². The fourth-order valence-electron chi connectivity index (χ4n) is 7.87. The Morgan fingerprint density at radius 2 is 0.588 bits per heavy atom. The van der Waals surface area contributed by atoms with E-state index < -0.39 is 6.10 Å². The van der Waals surface area contributed by atoms with Crippen molar-refractivity contribution in [3.05, 3.63) is 109 Å². The van der Waals surface area contributed by atoms with E-state index in [0.29, 0.717) is 12.8 Å². The highest BCUT2D eigenvalue weighted by molar-refractivity contribution is 5.70. The van der Waals surface area contributed by atoms with Gasteiger partial charge in [-0.05, 0) is 96.3 Å². The SMILES string of the molecule is CC/C=C\C/C=C\C/C=C\C/C=C\C/C=C\C/C=C\CCCCCCCCCCCCCCCCCCCCCCC(=O)OC(CO)COC(=O)CCCCCCC/C=C\C/C=C\C/C=C\CC. The average Bonchev–Trinajstić information content (AvgIpc) is 3.34. The summed E-state index contributed by atoms with van der Waals surface area (Å²) in [7, 11) is 0. The normalized spacial score (nSPS) is 13.0. The molecule has 0 amide bonds. The van der Waals surface area contributed by atoms with E-state index in [-0.39, 0.29) is 25.2 Å². The van der Waals surface area contributed by atoms with E-state index in [1.54, 1.807) is 0 Å². The molecule has 0 radical (unpaired) electrons. The van der Waals surface area contributed by atoms with E-state index in [9.17, 15) is 14.7 Å². The largest absolute Gasteiger partial charge is 0.462 e. The Kier molecular flexibility index (Phi) is 54.9. The van der Waals surface area contributed by atoms with E-state index in [2.05, 4.69) is 123 Å². The maximum Gasteiger partial charge on any atom is 0.306 e. The van der Waals surface area contributed by atoms with Crippen LogP contribution in [0.4, 0.5) is 0 Å². The molecule has 0 fully saturated rings. The Hall–Kier alpha value is -3.44. The Balaban J connectivity index is 3.46. The molecule has 1 N–H and O–H groups in total. The minimum Gasteiger partial charge on any atom is -0.462 e. The summed E-state index contributed by atoms with van der Waals surface area (Å²) in [6.07, 6.45) is 83.6. The average molecular weight is 944 g/mol. The van der Waals surface area contributed by atoms with Crippen molar-refractivity contribution < 1.29 is 24.2 Å². The molecule has 68 heavy (non-hydrogen) atoms. The molecular weight excluding hydrogens is 837 g/mol. The summed E-state index contributed by atoms with van der Waals surface area (Å²) in [5, 5.41) is 9.63. The lowest BCUT2D eigenvalue weighted by Crippen LogP contribution is -2.28. The van der Waals surface area contributed by atoms with Gasteiger partial charge in [-0.1, -0.05) is 258 Å². The van der Waals surface area contributed by atoms with Gasteiger partial charge in [0.05, 0.1) is 6.61 Å². The first-order valence-corrected chi connectivity index (χ1v) is 28.4. The molecule has 0 aromatic rings. The molecule has 0 aliphatic heterocycles. The molecule has 0 bridgehead atoms. The first-order chi connectivity index (χ1) is 33.6. The van der Waals surface area contributed by atoms with Crippen molar-refractivity contribution in [1.82, 2.24) is 0 Å². The number of allylic oxidation sites excluding steroid dienone is 18. The molecule has 5 nitrogen and oxygen atoms in total. The van der Waals surface area contributed by atoms with Crippen molar-refractivity contribution in [2.24, 2.45) is 0 Å². The standard InChI is InChI=1S/C63H106O5/c1-3-5-7-9-11-13-15-17-19-20-21-22-23-24-25-26-27-28-29-30-31-32-33-34-35-36-37-38-39-40-41-42-44-46-48-50-52-54-56-58-63(66)68-61(59-64)60-67-62(65)57-55-53-51-49-47-45-43-18-16-14-12-10-8-6-4-2/h5-8,11-14,17-19,21-22,24-25,27-28,43,61,64H,3-4,9-10,15-16,20,23,26,29-42,44-60H2,1-2H3/b7-5-,8-6-,13-11-,14-12-,19-17-,22-21-,25-24-,28-27-,43-18-. The molecule has 0 spiro atoms. The van der Waals surface area contributed by atoms with Gasteiger partial charge in [0.2, 0.25) is 0 Å². The summed E-state index contributed by atoms with van der Waals surface area (Å²) < 4.78 is 10.7. The van der Waals surface area contributed by atoms with E-state index in [1.807, 2.05) is 0 Å². The van der Waals surface area contributed by atoms with Crippen LogP contribution in [-0.4, -0.2) is 36.4 Å². The van der Waals surface area contributed by atoms with Gasteiger partial charge < -0.3 is 14.6 Å². The second-order valence-electron chi connectivity index (χ2n) is 18.6. The first kappa shape index (κ1) is 64.6. The van der Waals surface area contributed by atoms with Gasteiger partial charge in [-0.3, -0.25) is 9.59 Å². The van der Waals surface area contributed by atoms with E-state index in [0.717, 1.165) is 109 Å². The van der Waals surface area contributed by atoms with Crippen LogP contribution in [0.5, 0.6) is 0 Å². The summed E-state index contributed by atoms with van der Waals surface area (Å²) in [6, 6.07) is 0. The summed E-state index contributed by atoms with van der Waals surface area (Å²) in [5.41, 5.74) is 0. The Labute approximate surface area is 421 Å². The maximum absolute atomic E-state index is 12.3. The third kappa shape index (κ3) is 55.2. The quantitative estimate of drug-likeness (QED) is 0.0374. The van der Waals surface area contributed by atoms with Gasteiger partial charge in [0.15, 0.2) is 6.10 Å². The van der Waals surface area contributed by atoms with Crippen LogP contribution < -0.4 is 0 Å². The molecule has 0 saturated carbocycles. The topological polar surface area (TPSA) is 72.8 Å². The van der Waals surface area contributed by atoms with Gasteiger partial charge in [0, 0.05) is 12.8 Å². The van der Waals surface area contributed by atoms with Crippen LogP contribution in [0.1, 0.15) is 258 Å². The number of hydrogen-bond donors (Lipinski definition) is 1. The number of hydrogen-bond acceptors (Lipinski definition) is 5. The molecule has 1 atom stereocenters. The predicted octanol–water partition coefficient (Wildman–Crippen LogP) is 19.3. The van der Waals surface area contributed by atoms with Gasteiger partial charge in [-0.2, -0.15) is 0 Å². The number of carbonyl (C=O) groups is 2. The number of unbranched alkanes of at least 4 members (excludes halogenated alkanes) is 25. The second-order valence-corrected chi connectivity index (χ2v) is 18.6. The third-order valence-electron chi connectivity index (χ3n) is 12.1. The Morgan fingerprint density at radius 1 is 0.338 bits per heavy atom. The summed E-state index contributed by atoms with van der Waals surface area (Å²) >= 11 is 0. The smallest absolute Gasteiger partial charge is 0.306 e. The monoisotopic (exact) mass is 943 g/mol. The van der Waals surface area contributed by atoms with E-state index in [4.69, 9.17) is 9.47 Å². The van der Waals surface area contributed by atoms with Crippen molar-refractivity contribution in [3.63, 3.8) is 0 Å². The molecule has 0 aromatic carbocycles. The van der Waals surface area contributed by atoms with Crippen LogP contribution in [0, 0.1) is 0 Å².